The van der Waals surface area contributed by atoms with Crippen molar-refractivity contribution in [1.29, 1.82) is 0 Å². The second kappa shape index (κ2) is 4.70. The zero-order chi connectivity index (χ0) is 14.4. The third-order valence-electron chi connectivity index (χ3n) is 3.97. The fourth-order valence-corrected chi connectivity index (χ4v) is 3.83. The number of hydrogen-bond donors (Lipinski definition) is 2. The van der Waals surface area contributed by atoms with Gasteiger partial charge in [-0.3, -0.25) is 0 Å². The molecule has 6 nitrogen and oxygen atoms in total. The zero-order valence-electron chi connectivity index (χ0n) is 11.2. The zero-order valence-corrected chi connectivity index (χ0v) is 12.0. The highest BCUT2D eigenvalue weighted by Crippen LogP contribution is 2.40. The highest BCUT2D eigenvalue weighted by molar-refractivity contribution is 7.19. The van der Waals surface area contributed by atoms with Crippen molar-refractivity contribution in [2.45, 2.75) is 31.6 Å². The highest BCUT2D eigenvalue weighted by atomic mass is 32.1. The Morgan fingerprint density at radius 3 is 2.52 bits per heavy atom. The van der Waals surface area contributed by atoms with Gasteiger partial charge in [0.15, 0.2) is 10.8 Å². The molecule has 2 N–H and O–H groups in total. The van der Waals surface area contributed by atoms with E-state index in [4.69, 9.17) is 0 Å². The lowest BCUT2D eigenvalue weighted by molar-refractivity contribution is 0.454. The Labute approximate surface area is 124 Å². The number of aromatic hydroxyl groups is 2. The van der Waals surface area contributed by atoms with Gasteiger partial charge in [0.2, 0.25) is 4.96 Å². The first-order chi connectivity index (χ1) is 10.2. The summed E-state index contributed by atoms with van der Waals surface area (Å²) >= 11 is 1.32. The highest BCUT2D eigenvalue weighted by Gasteiger charge is 2.25. The second-order valence-electron chi connectivity index (χ2n) is 5.31. The molecule has 0 unspecified atom stereocenters. The van der Waals surface area contributed by atoms with E-state index in [9.17, 15) is 10.2 Å². The number of nitrogens with zero attached hydrogens (tertiary/aromatic N) is 4. The molecule has 0 spiro atoms. The third-order valence-corrected chi connectivity index (χ3v) is 4.89. The molecule has 0 atom stereocenters. The first-order valence-electron chi connectivity index (χ1n) is 6.97. The van der Waals surface area contributed by atoms with Crippen LogP contribution in [0.15, 0.2) is 18.2 Å². The minimum Gasteiger partial charge on any atom is -0.507 e. The lowest BCUT2D eigenvalue weighted by Crippen LogP contribution is -2.01. The van der Waals surface area contributed by atoms with E-state index in [1.165, 1.54) is 36.3 Å². The largest absolute Gasteiger partial charge is 0.507 e. The van der Waals surface area contributed by atoms with E-state index in [-0.39, 0.29) is 11.5 Å². The molecule has 1 fully saturated rings. The van der Waals surface area contributed by atoms with Crippen LogP contribution >= 0.6 is 11.3 Å². The smallest absolute Gasteiger partial charge is 0.234 e. The maximum atomic E-state index is 9.95. The number of hydrogen-bond acceptors (Lipinski definition) is 6. The number of fused-ring (bicyclic) bond motifs is 1. The topological polar surface area (TPSA) is 83.5 Å². The Morgan fingerprint density at radius 1 is 1.10 bits per heavy atom. The van der Waals surface area contributed by atoms with E-state index in [1.54, 1.807) is 10.6 Å². The van der Waals surface area contributed by atoms with Gasteiger partial charge < -0.3 is 10.2 Å². The van der Waals surface area contributed by atoms with Gasteiger partial charge in [0.05, 0.1) is 5.56 Å². The molecule has 2 aromatic heterocycles. The van der Waals surface area contributed by atoms with E-state index < -0.39 is 0 Å². The number of rotatable bonds is 2. The van der Waals surface area contributed by atoms with E-state index in [0.717, 1.165) is 18.7 Å². The minimum absolute atomic E-state index is 0.0161. The molecule has 108 valence electrons. The predicted octanol–water partition coefficient (Wildman–Crippen LogP) is 2.92. The summed E-state index contributed by atoms with van der Waals surface area (Å²) in [4.78, 5) is 0.689. The predicted molar refractivity (Wildman–Crippen MR) is 78.6 cm³/mol. The fraction of sp³-hybridized carbons (Fsp3) is 0.357. The number of phenols is 2. The van der Waals surface area contributed by atoms with Crippen LogP contribution in [0.5, 0.6) is 11.5 Å². The van der Waals surface area contributed by atoms with Crippen LogP contribution in [0.4, 0.5) is 0 Å². The Kier molecular flexibility index (Phi) is 2.81. The van der Waals surface area contributed by atoms with E-state index in [1.807, 2.05) is 0 Å². The third kappa shape index (κ3) is 1.96. The monoisotopic (exact) mass is 302 g/mol. The quantitative estimate of drug-likeness (QED) is 0.760. The maximum Gasteiger partial charge on any atom is 0.234 e. The molecule has 21 heavy (non-hydrogen) atoms. The van der Waals surface area contributed by atoms with Crippen LogP contribution in [-0.2, 0) is 0 Å². The molecule has 0 aliphatic heterocycles. The first kappa shape index (κ1) is 12.6. The van der Waals surface area contributed by atoms with Crippen molar-refractivity contribution in [1.82, 2.24) is 19.8 Å². The van der Waals surface area contributed by atoms with Crippen LogP contribution in [0.3, 0.4) is 0 Å². The van der Waals surface area contributed by atoms with E-state index in [2.05, 4.69) is 15.3 Å². The van der Waals surface area contributed by atoms with Crippen molar-refractivity contribution in [3.05, 3.63) is 24.0 Å². The average molecular weight is 302 g/mol. The molecule has 0 amide bonds. The van der Waals surface area contributed by atoms with Gasteiger partial charge in [-0.15, -0.1) is 10.2 Å². The molecule has 1 aliphatic carbocycles. The molecule has 2 heterocycles. The van der Waals surface area contributed by atoms with Gasteiger partial charge in [-0.25, -0.2) is 0 Å². The van der Waals surface area contributed by atoms with Crippen LogP contribution < -0.4 is 0 Å². The second-order valence-corrected chi connectivity index (χ2v) is 6.27. The van der Waals surface area contributed by atoms with Crippen molar-refractivity contribution >= 4 is 16.3 Å². The molecule has 4 rings (SSSR count). The van der Waals surface area contributed by atoms with Crippen LogP contribution in [0.25, 0.3) is 15.5 Å². The molecule has 3 aromatic rings. The van der Waals surface area contributed by atoms with Crippen LogP contribution in [0.1, 0.15) is 37.4 Å². The van der Waals surface area contributed by atoms with Crippen molar-refractivity contribution in [3.63, 3.8) is 0 Å². The van der Waals surface area contributed by atoms with Crippen molar-refractivity contribution in [2.24, 2.45) is 0 Å². The Bertz CT molecular complexity index is 784. The number of benzene rings is 1. The van der Waals surface area contributed by atoms with E-state index >= 15 is 0 Å². The summed E-state index contributed by atoms with van der Waals surface area (Å²) in [5.41, 5.74) is 0.352. The summed E-state index contributed by atoms with van der Waals surface area (Å²) < 4.78 is 1.75. The molecule has 0 radical (unpaired) electrons. The number of phenolic OH excluding ortho intramolecular Hbond substituents is 2. The average Bonchev–Trinajstić information content (AvgIpc) is 3.13. The Morgan fingerprint density at radius 2 is 1.81 bits per heavy atom. The van der Waals surface area contributed by atoms with Gasteiger partial charge in [-0.2, -0.15) is 9.61 Å². The van der Waals surface area contributed by atoms with Gasteiger partial charge in [0.25, 0.3) is 0 Å². The van der Waals surface area contributed by atoms with Crippen LogP contribution in [-0.4, -0.2) is 30.0 Å². The summed E-state index contributed by atoms with van der Waals surface area (Å²) in [5, 5.41) is 33.4. The van der Waals surface area contributed by atoms with E-state index in [0.29, 0.717) is 21.4 Å². The standard InChI is InChI=1S/C14H14N4O2S/c19-9-6-3-7-10(20)11(9)13-17-18-12(8-4-1-2-5-8)15-16-14(18)21-13/h3,6-8,19-20H,1-2,4-5H2. The molecule has 0 saturated heterocycles. The molecular formula is C14H14N4O2S. The molecular weight excluding hydrogens is 288 g/mol. The van der Waals surface area contributed by atoms with Crippen molar-refractivity contribution < 1.29 is 10.2 Å². The van der Waals surface area contributed by atoms with Gasteiger partial charge in [0, 0.05) is 5.92 Å². The first-order valence-corrected chi connectivity index (χ1v) is 7.79. The lowest BCUT2D eigenvalue weighted by atomic mass is 10.1. The summed E-state index contributed by atoms with van der Waals surface area (Å²) in [6, 6.07) is 4.67. The maximum absolute atomic E-state index is 9.95. The molecule has 1 aromatic carbocycles. The molecule has 1 aliphatic rings. The van der Waals surface area contributed by atoms with Gasteiger partial charge in [0.1, 0.15) is 11.5 Å². The normalized spacial score (nSPS) is 16.0. The Balaban J connectivity index is 1.84. The summed E-state index contributed by atoms with van der Waals surface area (Å²) in [6.07, 6.45) is 4.68. The molecule has 7 heteroatoms. The van der Waals surface area contributed by atoms with Crippen molar-refractivity contribution in [2.75, 3.05) is 0 Å². The van der Waals surface area contributed by atoms with Crippen LogP contribution in [0, 0.1) is 0 Å². The summed E-state index contributed by atoms with van der Waals surface area (Å²) in [5.74, 6) is 1.33. The lowest BCUT2D eigenvalue weighted by Gasteiger charge is -2.04. The number of aromatic nitrogens is 4. The van der Waals surface area contributed by atoms with Crippen molar-refractivity contribution in [3.8, 4) is 22.1 Å². The van der Waals surface area contributed by atoms with Crippen LogP contribution in [0.2, 0.25) is 0 Å². The Hall–Kier alpha value is -2.15. The summed E-state index contributed by atoms with van der Waals surface area (Å²) in [6.45, 7) is 0. The summed E-state index contributed by atoms with van der Waals surface area (Å²) in [7, 11) is 0. The SMILES string of the molecule is Oc1cccc(O)c1-c1nn2c(C3CCCC3)nnc2s1. The fourth-order valence-electron chi connectivity index (χ4n) is 2.92. The van der Waals surface area contributed by atoms with Gasteiger partial charge >= 0.3 is 0 Å². The minimum atomic E-state index is 0.0161. The molecule has 1 saturated carbocycles. The van der Waals surface area contributed by atoms with Gasteiger partial charge in [-0.1, -0.05) is 30.2 Å². The molecule has 0 bridgehead atoms. The van der Waals surface area contributed by atoms with Gasteiger partial charge in [-0.05, 0) is 25.0 Å².